The molecule has 11 heteroatoms. The van der Waals surface area contributed by atoms with Crippen LogP contribution in [0, 0.1) is 5.95 Å². The highest BCUT2D eigenvalue weighted by atomic mass is 35.5. The number of anilines is 1. The number of aromatic nitrogens is 1. The predicted molar refractivity (Wildman–Crippen MR) is 145 cm³/mol. The van der Waals surface area contributed by atoms with Crippen LogP contribution in [0.5, 0.6) is 5.75 Å². The van der Waals surface area contributed by atoms with E-state index < -0.39 is 23.8 Å². The normalized spacial score (nSPS) is 16.9. The fourth-order valence-electron chi connectivity index (χ4n) is 5.36. The maximum Gasteiger partial charge on any atom is 0.573 e. The third-order valence-corrected chi connectivity index (χ3v) is 7.61. The number of urea groups is 1. The zero-order valence-electron chi connectivity index (χ0n) is 21.4. The Labute approximate surface area is 234 Å². The Kier molecular flexibility index (Phi) is 8.00. The van der Waals surface area contributed by atoms with E-state index in [1.165, 1.54) is 30.5 Å². The number of carbonyl (C=O) groups excluding carboxylic acids is 1. The zero-order chi connectivity index (χ0) is 28.3. The number of alkyl halides is 3. The highest BCUT2D eigenvalue weighted by Gasteiger charge is 2.47. The molecule has 1 spiro atoms. The summed E-state index contributed by atoms with van der Waals surface area (Å²) in [4.78, 5) is 20.6. The van der Waals surface area contributed by atoms with Crippen molar-refractivity contribution in [2.24, 2.45) is 0 Å². The van der Waals surface area contributed by atoms with E-state index in [9.17, 15) is 22.4 Å². The van der Waals surface area contributed by atoms with Crippen LogP contribution in [0.25, 0.3) is 6.08 Å². The molecule has 2 aromatic carbocycles. The molecule has 6 nitrogen and oxygen atoms in total. The van der Waals surface area contributed by atoms with Gasteiger partial charge in [0.2, 0.25) is 5.95 Å². The van der Waals surface area contributed by atoms with Crippen LogP contribution in [-0.4, -0.2) is 48.5 Å². The number of rotatable bonds is 6. The van der Waals surface area contributed by atoms with Gasteiger partial charge in [-0.1, -0.05) is 35.9 Å². The fraction of sp³-hybridized carbons (Fsp3) is 0.310. The third-order valence-electron chi connectivity index (χ3n) is 7.36. The Morgan fingerprint density at radius 3 is 2.55 bits per heavy atom. The van der Waals surface area contributed by atoms with Gasteiger partial charge in [-0.25, -0.2) is 9.78 Å². The van der Waals surface area contributed by atoms with E-state index in [-0.39, 0.29) is 12.3 Å². The number of halogens is 5. The van der Waals surface area contributed by atoms with Gasteiger partial charge in [-0.15, -0.1) is 13.2 Å². The molecule has 0 radical (unpaired) electrons. The number of ether oxygens (including phenoxy) is 1. The van der Waals surface area contributed by atoms with Gasteiger partial charge in [-0.3, -0.25) is 9.80 Å². The molecule has 2 amide bonds. The summed E-state index contributed by atoms with van der Waals surface area (Å²) in [5.74, 6) is -0.961. The predicted octanol–water partition coefficient (Wildman–Crippen LogP) is 6.55. The van der Waals surface area contributed by atoms with Crippen molar-refractivity contribution >= 4 is 29.4 Å². The monoisotopic (exact) mass is 574 g/mol. The summed E-state index contributed by atoms with van der Waals surface area (Å²) in [6.45, 7) is 2.54. The van der Waals surface area contributed by atoms with Gasteiger partial charge in [0.05, 0.1) is 0 Å². The van der Waals surface area contributed by atoms with Crippen molar-refractivity contribution in [3.8, 4) is 5.75 Å². The summed E-state index contributed by atoms with van der Waals surface area (Å²) in [6, 6.07) is 14.1. The molecule has 1 aromatic heterocycles. The molecule has 1 fully saturated rings. The van der Waals surface area contributed by atoms with Crippen molar-refractivity contribution in [2.75, 3.05) is 31.1 Å². The van der Waals surface area contributed by atoms with Crippen LogP contribution in [0.4, 0.5) is 28.0 Å². The first-order valence-electron chi connectivity index (χ1n) is 12.8. The van der Waals surface area contributed by atoms with Gasteiger partial charge in [-0.2, -0.15) is 4.39 Å². The van der Waals surface area contributed by atoms with Crippen molar-refractivity contribution in [3.05, 3.63) is 94.5 Å². The van der Waals surface area contributed by atoms with E-state index in [2.05, 4.69) is 26.0 Å². The van der Waals surface area contributed by atoms with E-state index in [1.807, 2.05) is 30.3 Å². The topological polar surface area (TPSA) is 57.7 Å². The lowest BCUT2D eigenvalue weighted by atomic mass is 9.74. The van der Waals surface area contributed by atoms with Gasteiger partial charge in [0, 0.05) is 42.0 Å². The van der Waals surface area contributed by atoms with E-state index in [0.29, 0.717) is 54.3 Å². The second-order valence-electron chi connectivity index (χ2n) is 9.99. The highest BCUT2D eigenvalue weighted by molar-refractivity contribution is 6.30. The standard InChI is InChI=1S/C29H27ClF4N4O2/c30-22-5-3-20(4-6-22)2-1-13-37-14-10-28(11-15-37)19-38(27(39)36-18-21-9-12-35-26(31)16-21)25-8-7-23(17-24(25)28)40-29(32,33)34/h1-9,12,16-17H,10-11,13-15,18-19H2,(H,36,39)/b2-1+. The summed E-state index contributed by atoms with van der Waals surface area (Å²) >= 11 is 5.94. The average molecular weight is 575 g/mol. The minimum Gasteiger partial charge on any atom is -0.406 e. The summed E-state index contributed by atoms with van der Waals surface area (Å²) < 4.78 is 56.6. The Balaban J connectivity index is 1.31. The number of pyridine rings is 1. The summed E-state index contributed by atoms with van der Waals surface area (Å²) in [5, 5.41) is 3.47. The molecule has 3 aromatic rings. The van der Waals surface area contributed by atoms with Gasteiger partial charge in [0.15, 0.2) is 0 Å². The number of nitrogens with one attached hydrogen (secondary N) is 1. The van der Waals surface area contributed by atoms with E-state index in [1.54, 1.807) is 11.0 Å². The lowest BCUT2D eigenvalue weighted by molar-refractivity contribution is -0.274. The van der Waals surface area contributed by atoms with Gasteiger partial charge in [-0.05, 0) is 85.1 Å². The average Bonchev–Trinajstić information content (AvgIpc) is 3.22. The molecule has 3 heterocycles. The molecule has 40 heavy (non-hydrogen) atoms. The molecule has 210 valence electrons. The van der Waals surface area contributed by atoms with E-state index in [0.717, 1.165) is 12.1 Å². The summed E-state index contributed by atoms with van der Waals surface area (Å²) in [7, 11) is 0. The largest absolute Gasteiger partial charge is 0.573 e. The second-order valence-corrected chi connectivity index (χ2v) is 10.4. The summed E-state index contributed by atoms with van der Waals surface area (Å²) in [5.41, 5.74) is 2.27. The van der Waals surface area contributed by atoms with Gasteiger partial charge >= 0.3 is 12.4 Å². The minimum absolute atomic E-state index is 0.0834. The Morgan fingerprint density at radius 1 is 1.10 bits per heavy atom. The summed E-state index contributed by atoms with van der Waals surface area (Å²) in [6.07, 6.45) is 1.90. The van der Waals surface area contributed by atoms with Crippen LogP contribution in [-0.2, 0) is 12.0 Å². The van der Waals surface area contributed by atoms with Crippen LogP contribution in [0.3, 0.4) is 0 Å². The number of hydrogen-bond donors (Lipinski definition) is 1. The van der Waals surface area contributed by atoms with Crippen LogP contribution in [0.15, 0.2) is 66.9 Å². The van der Waals surface area contributed by atoms with Crippen molar-refractivity contribution in [2.45, 2.75) is 31.2 Å². The molecule has 2 aliphatic rings. The maximum atomic E-state index is 13.5. The molecule has 5 rings (SSSR count). The molecule has 0 unspecified atom stereocenters. The van der Waals surface area contributed by atoms with Crippen LogP contribution in [0.2, 0.25) is 5.02 Å². The van der Waals surface area contributed by atoms with Crippen molar-refractivity contribution < 1.29 is 27.1 Å². The molecule has 1 saturated heterocycles. The molecule has 0 atom stereocenters. The van der Waals surface area contributed by atoms with Gasteiger partial charge in [0.25, 0.3) is 0 Å². The molecular weight excluding hydrogens is 548 g/mol. The highest BCUT2D eigenvalue weighted by Crippen LogP contribution is 2.48. The maximum absolute atomic E-state index is 13.5. The molecular formula is C29H27ClF4N4O2. The van der Waals surface area contributed by atoms with E-state index in [4.69, 9.17) is 11.6 Å². The first kappa shape index (κ1) is 27.9. The minimum atomic E-state index is -4.82. The van der Waals surface area contributed by atoms with Gasteiger partial charge < -0.3 is 10.1 Å². The number of fused-ring (bicyclic) bond motifs is 2. The molecule has 2 aliphatic heterocycles. The van der Waals surface area contributed by atoms with Crippen LogP contribution < -0.4 is 15.0 Å². The SMILES string of the molecule is O=C(NCc1ccnc(F)c1)N1CC2(CCN(C/C=C/c3ccc(Cl)cc3)CC2)c2cc(OC(F)(F)F)ccc21. The number of amides is 2. The molecule has 0 saturated carbocycles. The second kappa shape index (κ2) is 11.5. The molecule has 1 N–H and O–H groups in total. The van der Waals surface area contributed by atoms with Crippen molar-refractivity contribution in [3.63, 3.8) is 0 Å². The number of nitrogens with zero attached hydrogens (tertiary/aromatic N) is 3. The Bertz CT molecular complexity index is 1390. The zero-order valence-corrected chi connectivity index (χ0v) is 22.2. The van der Waals surface area contributed by atoms with Crippen molar-refractivity contribution in [1.29, 1.82) is 0 Å². The number of likely N-dealkylation sites (tertiary alicyclic amines) is 1. The lowest BCUT2D eigenvalue weighted by Crippen LogP contribution is -2.47. The van der Waals surface area contributed by atoms with E-state index >= 15 is 0 Å². The first-order valence-corrected chi connectivity index (χ1v) is 13.2. The number of piperidine rings is 1. The Hall–Kier alpha value is -3.63. The lowest BCUT2D eigenvalue weighted by Gasteiger charge is -2.39. The first-order chi connectivity index (χ1) is 19.1. The fourth-order valence-corrected chi connectivity index (χ4v) is 5.48. The molecule has 0 bridgehead atoms. The third kappa shape index (κ3) is 6.56. The number of hydrogen-bond acceptors (Lipinski definition) is 4. The Morgan fingerprint density at radius 2 is 1.85 bits per heavy atom. The van der Waals surface area contributed by atoms with Gasteiger partial charge in [0.1, 0.15) is 5.75 Å². The van der Waals surface area contributed by atoms with Crippen molar-refractivity contribution in [1.82, 2.24) is 15.2 Å². The number of carbonyl (C=O) groups is 1. The quantitative estimate of drug-likeness (QED) is 0.268. The smallest absolute Gasteiger partial charge is 0.406 e. The molecule has 0 aliphatic carbocycles. The van der Waals surface area contributed by atoms with Crippen LogP contribution >= 0.6 is 11.6 Å². The van der Waals surface area contributed by atoms with Crippen LogP contribution in [0.1, 0.15) is 29.5 Å². The number of benzene rings is 2.